The maximum absolute atomic E-state index is 12.5. The lowest BCUT2D eigenvalue weighted by atomic mass is 9.83. The van der Waals surface area contributed by atoms with Gasteiger partial charge in [-0.3, -0.25) is 9.69 Å². The van der Waals surface area contributed by atoms with Gasteiger partial charge in [-0.15, -0.1) is 0 Å². The van der Waals surface area contributed by atoms with Crippen LogP contribution in [0.2, 0.25) is 0 Å². The van der Waals surface area contributed by atoms with E-state index in [1.807, 2.05) is 6.20 Å². The van der Waals surface area contributed by atoms with Crippen LogP contribution in [-0.2, 0) is 16.0 Å². The van der Waals surface area contributed by atoms with Crippen LogP contribution in [0.25, 0.3) is 0 Å². The maximum Gasteiger partial charge on any atom is 0.223 e. The highest BCUT2D eigenvalue weighted by Crippen LogP contribution is 2.34. The quantitative estimate of drug-likeness (QED) is 0.731. The first kappa shape index (κ1) is 22.0. The molecule has 3 aliphatic heterocycles. The van der Waals surface area contributed by atoms with E-state index in [0.29, 0.717) is 6.04 Å². The zero-order valence-electron chi connectivity index (χ0n) is 19.3. The van der Waals surface area contributed by atoms with E-state index in [1.54, 1.807) is 0 Å². The Bertz CT molecular complexity index is 766. The van der Waals surface area contributed by atoms with Gasteiger partial charge in [0, 0.05) is 69.5 Å². The summed E-state index contributed by atoms with van der Waals surface area (Å²) in [5.41, 5.74) is 1.30. The normalized spacial score (nSPS) is 27.1. The van der Waals surface area contributed by atoms with Crippen LogP contribution < -0.4 is 15.0 Å². The van der Waals surface area contributed by atoms with Gasteiger partial charge in [0.2, 0.25) is 5.91 Å². The molecule has 7 heteroatoms. The highest BCUT2D eigenvalue weighted by molar-refractivity contribution is 5.79. The third-order valence-electron chi connectivity index (χ3n) is 7.90. The smallest absolute Gasteiger partial charge is 0.223 e. The van der Waals surface area contributed by atoms with E-state index in [9.17, 15) is 4.79 Å². The molecule has 3 fully saturated rings. The average molecular weight is 443 g/mol. The van der Waals surface area contributed by atoms with Gasteiger partial charge >= 0.3 is 0 Å². The second kappa shape index (κ2) is 10.4. The molecule has 0 spiro atoms. The number of nitrogens with zero attached hydrogens (tertiary/aromatic N) is 3. The van der Waals surface area contributed by atoms with Crippen LogP contribution in [0.1, 0.15) is 50.5 Å². The van der Waals surface area contributed by atoms with Gasteiger partial charge in [0.1, 0.15) is 0 Å². The molecule has 4 aliphatic rings. The molecule has 1 aliphatic carbocycles. The van der Waals surface area contributed by atoms with Crippen LogP contribution in [0.15, 0.2) is 12.3 Å². The van der Waals surface area contributed by atoms with Crippen molar-refractivity contribution in [2.75, 3.05) is 57.4 Å². The van der Waals surface area contributed by atoms with Gasteiger partial charge in [-0.2, -0.15) is 0 Å². The first-order chi connectivity index (χ1) is 15.8. The second-order valence-corrected chi connectivity index (χ2v) is 9.95. The van der Waals surface area contributed by atoms with Crippen molar-refractivity contribution in [3.63, 3.8) is 0 Å². The zero-order chi connectivity index (χ0) is 21.8. The van der Waals surface area contributed by atoms with E-state index in [1.165, 1.54) is 31.4 Å². The van der Waals surface area contributed by atoms with Crippen LogP contribution in [0, 0.1) is 11.8 Å². The van der Waals surface area contributed by atoms with E-state index in [4.69, 9.17) is 9.47 Å². The highest BCUT2D eigenvalue weighted by Gasteiger charge is 2.28. The molecule has 0 atom stereocenters. The number of amides is 1. The van der Waals surface area contributed by atoms with Crippen LogP contribution in [0.3, 0.4) is 0 Å². The Kier molecular flexibility index (Phi) is 7.13. The topological polar surface area (TPSA) is 66.9 Å². The Morgan fingerprint density at radius 2 is 1.81 bits per heavy atom. The summed E-state index contributed by atoms with van der Waals surface area (Å²) < 4.78 is 11.2. The Labute approximate surface area is 191 Å². The lowest BCUT2D eigenvalue weighted by Gasteiger charge is -2.37. The predicted octanol–water partition coefficient (Wildman–Crippen LogP) is 2.63. The van der Waals surface area contributed by atoms with Gasteiger partial charge in [0.15, 0.2) is 11.6 Å². The minimum Gasteiger partial charge on any atom is -0.489 e. The molecule has 32 heavy (non-hydrogen) atoms. The van der Waals surface area contributed by atoms with Gasteiger partial charge in [-0.05, 0) is 63.5 Å². The lowest BCUT2D eigenvalue weighted by Crippen LogP contribution is -2.47. The van der Waals surface area contributed by atoms with E-state index in [0.717, 1.165) is 95.6 Å². The number of carbonyl (C=O) groups excluding carboxylic acids is 1. The Morgan fingerprint density at radius 3 is 2.59 bits per heavy atom. The molecule has 1 amide bonds. The average Bonchev–Trinajstić information content (AvgIpc) is 3.34. The van der Waals surface area contributed by atoms with Crippen molar-refractivity contribution in [3.8, 4) is 5.75 Å². The van der Waals surface area contributed by atoms with Crippen LogP contribution >= 0.6 is 0 Å². The van der Waals surface area contributed by atoms with Crippen LogP contribution in [0.5, 0.6) is 5.75 Å². The molecular weight excluding hydrogens is 404 g/mol. The molecule has 0 radical (unpaired) electrons. The Hall–Kier alpha value is -1.86. The van der Waals surface area contributed by atoms with Crippen molar-refractivity contribution in [2.24, 2.45) is 11.8 Å². The fourth-order valence-electron chi connectivity index (χ4n) is 5.74. The van der Waals surface area contributed by atoms with E-state index in [-0.39, 0.29) is 11.8 Å². The van der Waals surface area contributed by atoms with Crippen molar-refractivity contribution < 1.29 is 14.3 Å². The standard InChI is InChI=1S/C25H38N4O3/c30-25(21-7-16-31-17-8-21)27-22-3-1-19(2-4-22)6-11-28-12-14-29(15-13-28)24-23-20(5-10-26-24)9-18-32-23/h5,10,19,21-22H,1-4,6-9,11-18H2,(H,27,30). The number of anilines is 1. The summed E-state index contributed by atoms with van der Waals surface area (Å²) in [5, 5.41) is 3.33. The number of piperazine rings is 1. The fourth-order valence-corrected chi connectivity index (χ4v) is 5.74. The number of carbonyl (C=O) groups is 1. The number of rotatable bonds is 6. The second-order valence-electron chi connectivity index (χ2n) is 9.95. The van der Waals surface area contributed by atoms with E-state index < -0.39 is 0 Å². The molecule has 1 saturated carbocycles. The summed E-state index contributed by atoms with van der Waals surface area (Å²) in [7, 11) is 0. The van der Waals surface area contributed by atoms with Crippen molar-refractivity contribution in [2.45, 2.75) is 57.4 Å². The molecule has 1 N–H and O–H groups in total. The van der Waals surface area contributed by atoms with E-state index in [2.05, 4.69) is 26.2 Å². The summed E-state index contributed by atoms with van der Waals surface area (Å²) in [5.74, 6) is 3.29. The minimum atomic E-state index is 0.166. The van der Waals surface area contributed by atoms with Gasteiger partial charge in [-0.1, -0.05) is 0 Å². The first-order valence-electron chi connectivity index (χ1n) is 12.7. The van der Waals surface area contributed by atoms with Crippen LogP contribution in [-0.4, -0.2) is 74.4 Å². The number of aromatic nitrogens is 1. The molecule has 2 saturated heterocycles. The Morgan fingerprint density at radius 1 is 1.03 bits per heavy atom. The molecule has 176 valence electrons. The highest BCUT2D eigenvalue weighted by atomic mass is 16.5. The number of nitrogens with one attached hydrogen (secondary N) is 1. The summed E-state index contributed by atoms with van der Waals surface area (Å²) in [6.45, 7) is 7.69. The molecular formula is C25H38N4O3. The monoisotopic (exact) mass is 442 g/mol. The van der Waals surface area contributed by atoms with E-state index >= 15 is 0 Å². The largest absolute Gasteiger partial charge is 0.489 e. The van der Waals surface area contributed by atoms with Crippen molar-refractivity contribution in [1.29, 1.82) is 0 Å². The number of pyridine rings is 1. The fraction of sp³-hybridized carbons (Fsp3) is 0.760. The summed E-state index contributed by atoms with van der Waals surface area (Å²) in [6.07, 6.45) is 10.7. The third kappa shape index (κ3) is 5.20. The predicted molar refractivity (Wildman–Crippen MR) is 124 cm³/mol. The summed E-state index contributed by atoms with van der Waals surface area (Å²) in [4.78, 5) is 22.1. The maximum atomic E-state index is 12.5. The SMILES string of the molecule is O=C(NC1CCC(CCN2CCN(c3nccc4c3OCC4)CC2)CC1)C1CCOCC1. The summed E-state index contributed by atoms with van der Waals surface area (Å²) in [6, 6.07) is 2.47. The van der Waals surface area contributed by atoms with Crippen molar-refractivity contribution in [1.82, 2.24) is 15.2 Å². The van der Waals surface area contributed by atoms with Gasteiger partial charge in [0.05, 0.1) is 6.61 Å². The Balaban J connectivity index is 1.00. The minimum absolute atomic E-state index is 0.166. The third-order valence-corrected chi connectivity index (χ3v) is 7.90. The van der Waals surface area contributed by atoms with Gasteiger partial charge in [-0.25, -0.2) is 4.98 Å². The van der Waals surface area contributed by atoms with Crippen molar-refractivity contribution in [3.05, 3.63) is 17.8 Å². The summed E-state index contributed by atoms with van der Waals surface area (Å²) >= 11 is 0. The number of ether oxygens (including phenoxy) is 2. The number of fused-ring (bicyclic) bond motifs is 1. The van der Waals surface area contributed by atoms with Crippen LogP contribution in [0.4, 0.5) is 5.82 Å². The molecule has 0 bridgehead atoms. The molecule has 4 heterocycles. The molecule has 1 aromatic heterocycles. The molecule has 0 aromatic carbocycles. The lowest BCUT2D eigenvalue weighted by molar-refractivity contribution is -0.128. The molecule has 1 aromatic rings. The first-order valence-corrected chi connectivity index (χ1v) is 12.7. The van der Waals surface area contributed by atoms with Gasteiger partial charge in [0.25, 0.3) is 0 Å². The number of hydrogen-bond acceptors (Lipinski definition) is 6. The van der Waals surface area contributed by atoms with Crippen molar-refractivity contribution >= 4 is 11.7 Å². The molecule has 7 nitrogen and oxygen atoms in total. The molecule has 0 unspecified atom stereocenters. The van der Waals surface area contributed by atoms with Gasteiger partial charge < -0.3 is 19.7 Å². The number of hydrogen-bond donors (Lipinski definition) is 1. The molecule has 5 rings (SSSR count). The zero-order valence-corrected chi connectivity index (χ0v) is 19.3.